The summed E-state index contributed by atoms with van der Waals surface area (Å²) in [6.45, 7) is 51.6. The molecule has 0 bridgehead atoms. The number of sulfone groups is 1. The SMILES string of the molecule is CC(=O)CC(C)C.CC(=O)N1CCCC1C(C)C.CC(C)C1(C)COC1.CC(C)C1CC(O)CN1.CC(C)C1CCC1.CC(C)C1CCCS1(=O)=O.CC(C)C1NCCC1O.CC(C)CCC(=O)O.CC(C)N1CCCC1.O=C=O. The molecule has 0 spiro atoms. The second-order valence-corrected chi connectivity index (χ2v) is 29.3. The molecule has 0 aromatic carbocycles. The van der Waals surface area contributed by atoms with E-state index in [1.807, 2.05) is 46.4 Å². The number of ketones is 1. The number of rotatable bonds is 12. The summed E-state index contributed by atoms with van der Waals surface area (Å²) in [5.41, 5.74) is 0.500. The van der Waals surface area contributed by atoms with Crippen LogP contribution in [0.1, 0.15) is 235 Å². The molecule has 6 unspecified atom stereocenters. The average Bonchev–Trinajstić information content (AvgIpc) is 4.17. The number of carbonyl (C=O) groups excluding carboxylic acids is 4. The molecule has 0 radical (unpaired) electrons. The molecule has 80 heavy (non-hydrogen) atoms. The van der Waals surface area contributed by atoms with Crippen LogP contribution in [0.4, 0.5) is 0 Å². The highest BCUT2D eigenvalue weighted by Gasteiger charge is 2.36. The van der Waals surface area contributed by atoms with Crippen molar-refractivity contribution in [1.29, 1.82) is 0 Å². The zero-order valence-corrected chi connectivity index (χ0v) is 56.0. The van der Waals surface area contributed by atoms with Gasteiger partial charge in [0, 0.05) is 62.4 Å². The molecule has 6 aliphatic heterocycles. The third-order valence-corrected chi connectivity index (χ3v) is 18.9. The molecule has 6 heterocycles. The molecule has 7 aliphatic rings. The van der Waals surface area contributed by atoms with Crippen LogP contribution < -0.4 is 10.6 Å². The maximum absolute atomic E-state index is 11.2. The molecule has 16 heteroatoms. The lowest BCUT2D eigenvalue weighted by Gasteiger charge is -2.41. The molecule has 0 aromatic rings. The molecule has 6 atom stereocenters. The van der Waals surface area contributed by atoms with E-state index in [9.17, 15) is 27.9 Å². The summed E-state index contributed by atoms with van der Waals surface area (Å²) < 4.78 is 27.5. The van der Waals surface area contributed by atoms with Crippen LogP contribution in [0.5, 0.6) is 0 Å². The van der Waals surface area contributed by atoms with E-state index in [0.29, 0.717) is 71.2 Å². The van der Waals surface area contributed by atoms with Gasteiger partial charge in [0.25, 0.3) is 0 Å². The summed E-state index contributed by atoms with van der Waals surface area (Å²) in [6, 6.07) is 2.16. The number of β-amino-alcohol motifs (C(OH)–C–C–N with tert-alkyl or cyclic N) is 1. The number of aliphatic hydroxyl groups is 2. The Labute approximate surface area is 491 Å². The number of aliphatic carboxylic acids is 1. The second-order valence-electron chi connectivity index (χ2n) is 27.0. The maximum Gasteiger partial charge on any atom is 0.373 e. The Balaban J connectivity index is -0.000000831. The number of amides is 1. The van der Waals surface area contributed by atoms with E-state index in [1.54, 1.807) is 13.8 Å². The molecule has 476 valence electrons. The molecule has 5 N–H and O–H groups in total. The molecule has 1 saturated carbocycles. The molecule has 6 saturated heterocycles. The van der Waals surface area contributed by atoms with Crippen molar-refractivity contribution in [2.75, 3.05) is 51.7 Å². The molecule has 7 fully saturated rings. The van der Waals surface area contributed by atoms with Crippen LogP contribution in [0.15, 0.2) is 0 Å². The first-order valence-corrected chi connectivity index (χ1v) is 33.1. The maximum atomic E-state index is 11.2. The summed E-state index contributed by atoms with van der Waals surface area (Å²) in [7, 11) is -2.69. The van der Waals surface area contributed by atoms with Crippen LogP contribution >= 0.6 is 0 Å². The monoisotopic (exact) mass is 1160 g/mol. The fourth-order valence-electron chi connectivity index (χ4n) is 10.2. The van der Waals surface area contributed by atoms with Crippen molar-refractivity contribution in [1.82, 2.24) is 20.4 Å². The minimum absolute atomic E-state index is 0.0486. The number of hydrogen-bond acceptors (Lipinski definition) is 13. The summed E-state index contributed by atoms with van der Waals surface area (Å²) in [5, 5.41) is 33.0. The molecule has 7 rings (SSSR count). The van der Waals surface area contributed by atoms with Gasteiger partial charge in [0.15, 0.2) is 9.84 Å². The first-order valence-electron chi connectivity index (χ1n) is 31.3. The lowest BCUT2D eigenvalue weighted by molar-refractivity contribution is -0.191. The summed E-state index contributed by atoms with van der Waals surface area (Å²) in [4.78, 5) is 52.0. The van der Waals surface area contributed by atoms with E-state index in [4.69, 9.17) is 24.5 Å². The topological polar surface area (TPSA) is 220 Å². The smallest absolute Gasteiger partial charge is 0.373 e. The molecule has 15 nitrogen and oxygen atoms in total. The standard InChI is InChI=1S/C9H17NO.2C7H15NO.C7H15N.C7H14O2S.C7H14O.C7H14.C6H12O2.C6H12O.CO2/c1-7(2)9-5-4-6-10(9)8(3)11;1-5(2)7-3-6(9)4-8-7;1-5(2)7-6(9)3-4-8-7;1-7(2)8-5-3-4-6-8;1-6(2)7-4-3-5-10(7,8)9;1-6(2)7(3)4-8-5-7;1-6(2)7-4-3-5-7;1-5(2)3-4-6(7)8;1-5(2)4-6(3)7;2-1-3/h7,9H,4-6H2,1-3H3;2*5-9H,3-4H2,1-2H3;7H,3-6H2,1-2H3;6-7H,3-5H2,1-2H3;6H,4-5H2,1-3H3;6-7H,3-5H2,1-2H3;5H,3-4H2,1-2H3,(H,7,8);5H,4H2,1-3H3;. The van der Waals surface area contributed by atoms with E-state index in [1.165, 1.54) is 58.0 Å². The molecular formula is C64H128N4O11S. The Bertz CT molecular complexity index is 1720. The minimum atomic E-state index is -2.69. The Kier molecular flexibility index (Phi) is 46.2. The molecule has 1 amide bonds. The molecular weight excluding hydrogens is 1030 g/mol. The van der Waals surface area contributed by atoms with Crippen LogP contribution in [0.25, 0.3) is 0 Å². The van der Waals surface area contributed by atoms with Gasteiger partial charge in [-0.15, -0.1) is 0 Å². The van der Waals surface area contributed by atoms with Gasteiger partial charge < -0.3 is 45.3 Å². The number of aliphatic hydroxyl groups excluding tert-OH is 2. The van der Waals surface area contributed by atoms with Crippen LogP contribution in [-0.2, 0) is 38.5 Å². The van der Waals surface area contributed by atoms with Crippen molar-refractivity contribution in [3.05, 3.63) is 0 Å². The highest BCUT2D eigenvalue weighted by atomic mass is 32.2. The van der Waals surface area contributed by atoms with Crippen LogP contribution in [-0.4, -0.2) is 151 Å². The highest BCUT2D eigenvalue weighted by molar-refractivity contribution is 7.92. The van der Waals surface area contributed by atoms with Gasteiger partial charge in [-0.3, -0.25) is 9.59 Å². The fraction of sp³-hybridized carbons (Fsp3) is 0.938. The number of hydrogen-bond donors (Lipinski definition) is 5. The first-order chi connectivity index (χ1) is 37.0. The molecule has 1 aliphatic carbocycles. The third-order valence-electron chi connectivity index (χ3n) is 16.3. The number of ether oxygens (including phenoxy) is 1. The van der Waals surface area contributed by atoms with E-state index < -0.39 is 15.8 Å². The average molecular weight is 1160 g/mol. The van der Waals surface area contributed by atoms with E-state index in [0.717, 1.165) is 95.2 Å². The first kappa shape index (κ1) is 81.9. The highest BCUT2D eigenvalue weighted by Crippen LogP contribution is 2.34. The molecule has 0 aromatic heterocycles. The quantitative estimate of drug-likeness (QED) is 0.123. The second kappa shape index (κ2) is 45.1. The number of nitrogens with zero attached hydrogens (tertiary/aromatic N) is 2. The number of carboxylic acid groups (broad SMARTS) is 1. The van der Waals surface area contributed by atoms with Crippen LogP contribution in [0.3, 0.4) is 0 Å². The summed E-state index contributed by atoms with van der Waals surface area (Å²) >= 11 is 0. The fourth-order valence-corrected chi connectivity index (χ4v) is 12.4. The minimum Gasteiger partial charge on any atom is -0.481 e. The Morgan fingerprint density at radius 3 is 1.39 bits per heavy atom. The lowest BCUT2D eigenvalue weighted by atomic mass is 9.78. The largest absolute Gasteiger partial charge is 0.481 e. The number of nitrogens with one attached hydrogen (secondary N) is 2. The Morgan fingerprint density at radius 2 is 1.23 bits per heavy atom. The van der Waals surface area contributed by atoms with Gasteiger partial charge in [0.05, 0.1) is 36.4 Å². The third kappa shape index (κ3) is 39.3. The van der Waals surface area contributed by atoms with Crippen molar-refractivity contribution in [3.63, 3.8) is 0 Å². The van der Waals surface area contributed by atoms with Crippen molar-refractivity contribution in [2.45, 2.75) is 277 Å². The predicted octanol–water partition coefficient (Wildman–Crippen LogP) is 11.8. The van der Waals surface area contributed by atoms with Crippen LogP contribution in [0.2, 0.25) is 0 Å². The van der Waals surface area contributed by atoms with Crippen LogP contribution in [0, 0.1) is 58.7 Å². The van der Waals surface area contributed by atoms with E-state index >= 15 is 0 Å². The number of likely N-dealkylation sites (tertiary alicyclic amines) is 2. The lowest BCUT2D eigenvalue weighted by Crippen LogP contribution is -2.43. The van der Waals surface area contributed by atoms with Crippen molar-refractivity contribution in [2.24, 2.45) is 58.7 Å². The predicted molar refractivity (Wildman–Crippen MR) is 330 cm³/mol. The van der Waals surface area contributed by atoms with Crippen molar-refractivity contribution < 1.29 is 52.4 Å². The van der Waals surface area contributed by atoms with Gasteiger partial charge in [-0.25, -0.2) is 8.42 Å². The normalized spacial score (nSPS) is 24.2. The van der Waals surface area contributed by atoms with Gasteiger partial charge in [0.2, 0.25) is 5.91 Å². The Hall–Kier alpha value is -2.30. The van der Waals surface area contributed by atoms with Gasteiger partial charge in [0.1, 0.15) is 5.78 Å². The summed E-state index contributed by atoms with van der Waals surface area (Å²) in [6.07, 6.45) is 15.1. The van der Waals surface area contributed by atoms with Gasteiger partial charge in [-0.2, -0.15) is 9.59 Å². The number of Topliss-reactive ketones (excluding diaryl/α,β-unsaturated/α-hetero) is 1. The number of carbonyl (C=O) groups is 3. The van der Waals surface area contributed by atoms with Gasteiger partial charge >= 0.3 is 12.1 Å². The summed E-state index contributed by atoms with van der Waals surface area (Å²) in [5.74, 6) is 6.21. The van der Waals surface area contributed by atoms with Crippen molar-refractivity contribution in [3.8, 4) is 0 Å². The Morgan fingerprint density at radius 1 is 0.675 bits per heavy atom. The van der Waals surface area contributed by atoms with Crippen molar-refractivity contribution >= 4 is 33.6 Å². The zero-order valence-electron chi connectivity index (χ0n) is 55.2. The van der Waals surface area contributed by atoms with Gasteiger partial charge in [-0.1, -0.05) is 137 Å². The van der Waals surface area contributed by atoms with E-state index in [2.05, 4.69) is 106 Å². The number of carboxylic acids is 1. The van der Waals surface area contributed by atoms with Gasteiger partial charge in [-0.05, 0) is 151 Å². The van der Waals surface area contributed by atoms with E-state index in [-0.39, 0.29) is 35.3 Å². The zero-order chi connectivity index (χ0) is 62.5.